The number of hydrogen-bond donors (Lipinski definition) is 1. The van der Waals surface area contributed by atoms with Crippen molar-refractivity contribution in [3.05, 3.63) is 28.7 Å². The first-order valence-corrected chi connectivity index (χ1v) is 8.96. The molecule has 8 heteroatoms. The summed E-state index contributed by atoms with van der Waals surface area (Å²) in [7, 11) is -1.85. The Morgan fingerprint density at radius 3 is 2.67 bits per heavy atom. The molecule has 0 saturated carbocycles. The van der Waals surface area contributed by atoms with Gasteiger partial charge >= 0.3 is 0 Å². The molecular weight excluding hydrogens is 360 g/mol. The Labute approximate surface area is 133 Å². The SMILES string of the molecule is COCCN(CCC(=O)Nc1cccc(Br)c1)S(C)(=O)=O. The molecular formula is C13H19BrN2O4S. The lowest BCUT2D eigenvalue weighted by Crippen LogP contribution is -2.35. The van der Waals surface area contributed by atoms with Gasteiger partial charge in [0, 0.05) is 36.8 Å². The molecule has 6 nitrogen and oxygen atoms in total. The number of halogens is 1. The maximum Gasteiger partial charge on any atom is 0.225 e. The van der Waals surface area contributed by atoms with Gasteiger partial charge in [0.25, 0.3) is 0 Å². The zero-order valence-corrected chi connectivity index (χ0v) is 14.4. The molecule has 0 saturated heterocycles. The molecule has 0 spiro atoms. The average molecular weight is 379 g/mol. The van der Waals surface area contributed by atoms with E-state index in [1.54, 1.807) is 18.2 Å². The lowest BCUT2D eigenvalue weighted by molar-refractivity contribution is -0.116. The van der Waals surface area contributed by atoms with Crippen LogP contribution in [0.25, 0.3) is 0 Å². The predicted octanol–water partition coefficient (Wildman–Crippen LogP) is 1.69. The van der Waals surface area contributed by atoms with Crippen LogP contribution < -0.4 is 5.32 Å². The number of nitrogens with zero attached hydrogens (tertiary/aromatic N) is 1. The van der Waals surface area contributed by atoms with Crippen LogP contribution in [0.5, 0.6) is 0 Å². The van der Waals surface area contributed by atoms with E-state index in [4.69, 9.17) is 4.74 Å². The van der Waals surface area contributed by atoms with E-state index < -0.39 is 10.0 Å². The van der Waals surface area contributed by atoms with Gasteiger partial charge in [-0.05, 0) is 18.2 Å². The number of methoxy groups -OCH3 is 1. The summed E-state index contributed by atoms with van der Waals surface area (Å²) in [4.78, 5) is 11.8. The Balaban J connectivity index is 2.53. The van der Waals surface area contributed by atoms with Crippen LogP contribution >= 0.6 is 15.9 Å². The molecule has 0 unspecified atom stereocenters. The summed E-state index contributed by atoms with van der Waals surface area (Å²) >= 11 is 3.32. The van der Waals surface area contributed by atoms with Crippen LogP contribution in [-0.2, 0) is 19.6 Å². The van der Waals surface area contributed by atoms with Gasteiger partial charge in [0.15, 0.2) is 0 Å². The Morgan fingerprint density at radius 1 is 1.38 bits per heavy atom. The Morgan fingerprint density at radius 2 is 2.10 bits per heavy atom. The van der Waals surface area contributed by atoms with Crippen LogP contribution in [0.15, 0.2) is 28.7 Å². The maximum absolute atomic E-state index is 11.8. The smallest absolute Gasteiger partial charge is 0.225 e. The highest BCUT2D eigenvalue weighted by atomic mass is 79.9. The molecule has 0 heterocycles. The number of anilines is 1. The fourth-order valence-corrected chi connectivity index (χ4v) is 2.88. The minimum Gasteiger partial charge on any atom is -0.383 e. The summed E-state index contributed by atoms with van der Waals surface area (Å²) in [6.45, 7) is 0.655. The quantitative estimate of drug-likeness (QED) is 0.746. The molecule has 0 aromatic heterocycles. The minimum atomic E-state index is -3.35. The van der Waals surface area contributed by atoms with Crippen LogP contribution in [0.3, 0.4) is 0 Å². The highest BCUT2D eigenvalue weighted by Crippen LogP contribution is 2.15. The fraction of sp³-hybridized carbons (Fsp3) is 0.462. The van der Waals surface area contributed by atoms with Crippen molar-refractivity contribution in [2.24, 2.45) is 0 Å². The van der Waals surface area contributed by atoms with Gasteiger partial charge in [0.05, 0.1) is 12.9 Å². The van der Waals surface area contributed by atoms with Crippen LogP contribution in [0.4, 0.5) is 5.69 Å². The van der Waals surface area contributed by atoms with Crippen molar-refractivity contribution in [3.8, 4) is 0 Å². The fourth-order valence-electron chi connectivity index (χ4n) is 1.65. The van der Waals surface area contributed by atoms with Crippen LogP contribution in [0.1, 0.15) is 6.42 Å². The third-order valence-corrected chi connectivity index (χ3v) is 4.51. The van der Waals surface area contributed by atoms with Crippen LogP contribution in [-0.4, -0.2) is 51.7 Å². The van der Waals surface area contributed by atoms with Gasteiger partial charge < -0.3 is 10.1 Å². The highest BCUT2D eigenvalue weighted by Gasteiger charge is 2.17. The standard InChI is InChI=1S/C13H19BrN2O4S/c1-20-9-8-16(21(2,18)19)7-6-13(17)15-12-5-3-4-11(14)10-12/h3-5,10H,6-9H2,1-2H3,(H,15,17). The van der Waals surface area contributed by atoms with Gasteiger partial charge in [-0.25, -0.2) is 8.42 Å². The van der Waals surface area contributed by atoms with E-state index in [0.717, 1.165) is 10.7 Å². The van der Waals surface area contributed by atoms with E-state index >= 15 is 0 Å². The van der Waals surface area contributed by atoms with E-state index in [1.165, 1.54) is 11.4 Å². The van der Waals surface area contributed by atoms with Crippen LogP contribution in [0.2, 0.25) is 0 Å². The summed E-state index contributed by atoms with van der Waals surface area (Å²) in [5.41, 5.74) is 0.664. The zero-order valence-electron chi connectivity index (χ0n) is 12.0. The molecule has 0 fully saturated rings. The Kier molecular flexibility index (Phi) is 7.30. The van der Waals surface area contributed by atoms with E-state index in [9.17, 15) is 13.2 Å². The second kappa shape index (κ2) is 8.47. The van der Waals surface area contributed by atoms with E-state index in [-0.39, 0.29) is 25.4 Å². The van der Waals surface area contributed by atoms with Crippen molar-refractivity contribution in [1.29, 1.82) is 0 Å². The first-order valence-electron chi connectivity index (χ1n) is 6.32. The maximum atomic E-state index is 11.8. The van der Waals surface area contributed by atoms with Crippen molar-refractivity contribution in [3.63, 3.8) is 0 Å². The summed E-state index contributed by atoms with van der Waals surface area (Å²) < 4.78 is 30.1. The topological polar surface area (TPSA) is 75.7 Å². The van der Waals surface area contributed by atoms with E-state index in [1.807, 2.05) is 6.07 Å². The minimum absolute atomic E-state index is 0.0866. The molecule has 118 valence electrons. The highest BCUT2D eigenvalue weighted by molar-refractivity contribution is 9.10. The molecule has 1 aromatic carbocycles. The van der Waals surface area contributed by atoms with Gasteiger partial charge in [0.2, 0.25) is 15.9 Å². The molecule has 1 aromatic rings. The Hall–Kier alpha value is -0.960. The molecule has 0 aliphatic heterocycles. The second-order valence-corrected chi connectivity index (χ2v) is 7.36. The molecule has 0 aliphatic rings. The van der Waals surface area contributed by atoms with Gasteiger partial charge in [-0.1, -0.05) is 22.0 Å². The third kappa shape index (κ3) is 7.03. The number of hydrogen-bond acceptors (Lipinski definition) is 4. The summed E-state index contributed by atoms with van der Waals surface area (Å²) in [5.74, 6) is -0.237. The Bertz CT molecular complexity index is 577. The van der Waals surface area contributed by atoms with Gasteiger partial charge in [0.1, 0.15) is 0 Å². The second-order valence-electron chi connectivity index (χ2n) is 4.46. The molecule has 0 bridgehead atoms. The molecule has 0 radical (unpaired) electrons. The molecule has 0 atom stereocenters. The number of ether oxygens (including phenoxy) is 1. The van der Waals surface area contributed by atoms with Crippen molar-refractivity contribution >= 4 is 37.5 Å². The van der Waals surface area contributed by atoms with Crippen molar-refractivity contribution in [1.82, 2.24) is 4.31 Å². The number of amides is 1. The lowest BCUT2D eigenvalue weighted by Gasteiger charge is -2.19. The van der Waals surface area contributed by atoms with Gasteiger partial charge in [-0.3, -0.25) is 4.79 Å². The number of nitrogens with one attached hydrogen (secondary N) is 1. The molecule has 1 amide bonds. The molecule has 1 N–H and O–H groups in total. The van der Waals surface area contributed by atoms with Crippen molar-refractivity contribution in [2.45, 2.75) is 6.42 Å². The molecule has 1 rings (SSSR count). The average Bonchev–Trinajstić information content (AvgIpc) is 2.37. The van der Waals surface area contributed by atoms with Crippen molar-refractivity contribution in [2.75, 3.05) is 38.4 Å². The van der Waals surface area contributed by atoms with Crippen LogP contribution in [0, 0.1) is 0 Å². The predicted molar refractivity (Wildman–Crippen MR) is 85.7 cm³/mol. The monoisotopic (exact) mass is 378 g/mol. The number of carbonyl (C=O) groups is 1. The number of benzene rings is 1. The first-order chi connectivity index (χ1) is 9.82. The number of sulfonamides is 1. The van der Waals surface area contributed by atoms with Gasteiger partial charge in [-0.15, -0.1) is 0 Å². The van der Waals surface area contributed by atoms with Crippen molar-refractivity contribution < 1.29 is 17.9 Å². The van der Waals surface area contributed by atoms with E-state index in [0.29, 0.717) is 12.3 Å². The number of carbonyl (C=O) groups excluding carboxylic acids is 1. The lowest BCUT2D eigenvalue weighted by atomic mass is 10.3. The summed E-state index contributed by atoms with van der Waals surface area (Å²) in [5, 5.41) is 2.72. The largest absolute Gasteiger partial charge is 0.383 e. The molecule has 0 aliphatic carbocycles. The summed E-state index contributed by atoms with van der Waals surface area (Å²) in [6, 6.07) is 7.20. The number of rotatable bonds is 8. The van der Waals surface area contributed by atoms with E-state index in [2.05, 4.69) is 21.2 Å². The van der Waals surface area contributed by atoms with Gasteiger partial charge in [-0.2, -0.15) is 4.31 Å². The first kappa shape index (κ1) is 18.1. The summed E-state index contributed by atoms with van der Waals surface area (Å²) in [6.07, 6.45) is 1.21. The molecule has 21 heavy (non-hydrogen) atoms. The zero-order chi connectivity index (χ0) is 15.9. The normalized spacial score (nSPS) is 11.6. The third-order valence-electron chi connectivity index (χ3n) is 2.71.